The van der Waals surface area contributed by atoms with Gasteiger partial charge in [-0.2, -0.15) is 11.3 Å². The minimum atomic E-state index is -0.468. The highest BCUT2D eigenvalue weighted by Crippen LogP contribution is 2.14. The van der Waals surface area contributed by atoms with Crippen LogP contribution in [0.2, 0.25) is 0 Å². The number of rotatable bonds is 5. The highest BCUT2D eigenvalue weighted by atomic mass is 32.1. The van der Waals surface area contributed by atoms with Crippen molar-refractivity contribution < 1.29 is 10.2 Å². The van der Waals surface area contributed by atoms with Crippen LogP contribution in [-0.4, -0.2) is 29.4 Å². The molecule has 1 heterocycles. The number of aliphatic hydroxyl groups excluding tert-OH is 2. The Morgan fingerprint density at radius 2 is 2.23 bits per heavy atom. The lowest BCUT2D eigenvalue weighted by Gasteiger charge is -2.11. The Morgan fingerprint density at radius 1 is 1.46 bits per heavy atom. The van der Waals surface area contributed by atoms with Gasteiger partial charge in [-0.05, 0) is 29.3 Å². The largest absolute Gasteiger partial charge is 0.392 e. The van der Waals surface area contributed by atoms with Crippen molar-refractivity contribution in [2.24, 2.45) is 0 Å². The Morgan fingerprint density at radius 3 is 2.77 bits per heavy atom. The van der Waals surface area contributed by atoms with Gasteiger partial charge >= 0.3 is 0 Å². The maximum absolute atomic E-state index is 9.58. The average molecular weight is 201 g/mol. The zero-order valence-corrected chi connectivity index (χ0v) is 8.42. The first-order valence-corrected chi connectivity index (χ1v) is 5.23. The number of hydrogen-bond acceptors (Lipinski definition) is 4. The van der Waals surface area contributed by atoms with Crippen molar-refractivity contribution >= 4 is 11.3 Å². The third-order valence-corrected chi connectivity index (χ3v) is 2.41. The van der Waals surface area contributed by atoms with Gasteiger partial charge in [0.2, 0.25) is 0 Å². The summed E-state index contributed by atoms with van der Waals surface area (Å²) in [5.74, 6) is 0. The summed E-state index contributed by atoms with van der Waals surface area (Å²) in [4.78, 5) is 0. The summed E-state index contributed by atoms with van der Waals surface area (Å²) >= 11 is 1.57. The van der Waals surface area contributed by atoms with Crippen molar-refractivity contribution in [1.29, 1.82) is 0 Å². The first-order chi connectivity index (χ1) is 6.20. The molecule has 1 aromatic heterocycles. The van der Waals surface area contributed by atoms with Crippen molar-refractivity contribution in [3.8, 4) is 0 Å². The fourth-order valence-corrected chi connectivity index (χ4v) is 1.72. The van der Waals surface area contributed by atoms with Crippen LogP contribution in [0.5, 0.6) is 0 Å². The first-order valence-electron chi connectivity index (χ1n) is 4.29. The number of nitrogens with one attached hydrogen (secondary N) is 1. The summed E-state index contributed by atoms with van der Waals surface area (Å²) in [5, 5.41) is 25.4. The molecule has 0 aliphatic heterocycles. The molecule has 0 bridgehead atoms. The molecule has 1 unspecified atom stereocenters. The molecule has 2 atom stereocenters. The lowest BCUT2D eigenvalue weighted by atomic mass is 10.2. The van der Waals surface area contributed by atoms with E-state index in [9.17, 15) is 5.11 Å². The van der Waals surface area contributed by atoms with E-state index in [1.165, 1.54) is 0 Å². The third-order valence-electron chi connectivity index (χ3n) is 1.71. The second-order valence-electron chi connectivity index (χ2n) is 3.08. The van der Waals surface area contributed by atoms with E-state index >= 15 is 0 Å². The Labute approximate surface area is 82.0 Å². The van der Waals surface area contributed by atoms with Crippen LogP contribution in [0, 0.1) is 0 Å². The topological polar surface area (TPSA) is 52.5 Å². The van der Waals surface area contributed by atoms with Crippen molar-refractivity contribution in [2.75, 3.05) is 13.1 Å². The molecule has 0 spiro atoms. The maximum Gasteiger partial charge on any atom is 0.0922 e. The van der Waals surface area contributed by atoms with E-state index in [1.807, 2.05) is 16.8 Å². The zero-order valence-electron chi connectivity index (χ0n) is 7.60. The number of aliphatic hydroxyl groups is 2. The summed E-state index contributed by atoms with van der Waals surface area (Å²) in [6.45, 7) is 2.72. The van der Waals surface area contributed by atoms with Crippen LogP contribution in [-0.2, 0) is 0 Å². The van der Waals surface area contributed by atoms with Crippen molar-refractivity contribution in [2.45, 2.75) is 19.1 Å². The van der Waals surface area contributed by atoms with Crippen LogP contribution in [0.1, 0.15) is 18.6 Å². The summed E-state index contributed by atoms with van der Waals surface area (Å²) in [6.07, 6.45) is -0.834. The highest BCUT2D eigenvalue weighted by Gasteiger charge is 2.06. The second kappa shape index (κ2) is 5.34. The zero-order chi connectivity index (χ0) is 9.68. The molecule has 74 valence electrons. The minimum absolute atomic E-state index is 0.366. The standard InChI is InChI=1S/C9H15NO2S/c1-7(11)4-10-5-9(12)8-2-3-13-6-8/h2-3,6-7,9-12H,4-5H2,1H3/t7-,9?/m0/s1. The normalized spacial score (nSPS) is 15.6. The van der Waals surface area contributed by atoms with Gasteiger partial charge in [0.25, 0.3) is 0 Å². The van der Waals surface area contributed by atoms with Crippen molar-refractivity contribution in [3.05, 3.63) is 22.4 Å². The second-order valence-corrected chi connectivity index (χ2v) is 3.86. The lowest BCUT2D eigenvalue weighted by molar-refractivity contribution is 0.155. The summed E-state index contributed by atoms with van der Waals surface area (Å²) < 4.78 is 0. The molecule has 0 aliphatic rings. The summed E-state index contributed by atoms with van der Waals surface area (Å²) in [5.41, 5.74) is 0.933. The molecule has 0 amide bonds. The van der Waals surface area contributed by atoms with Crippen LogP contribution in [0.15, 0.2) is 16.8 Å². The van der Waals surface area contributed by atoms with Gasteiger partial charge < -0.3 is 15.5 Å². The average Bonchev–Trinajstić information content (AvgIpc) is 2.55. The van der Waals surface area contributed by atoms with Crippen LogP contribution in [0.3, 0.4) is 0 Å². The van der Waals surface area contributed by atoms with E-state index in [1.54, 1.807) is 18.3 Å². The number of thiophene rings is 1. The Bertz CT molecular complexity index is 224. The molecule has 1 rings (SSSR count). The van der Waals surface area contributed by atoms with Gasteiger partial charge in [-0.3, -0.25) is 0 Å². The Hall–Kier alpha value is -0.420. The van der Waals surface area contributed by atoms with E-state index in [0.717, 1.165) is 5.56 Å². The molecule has 0 aromatic carbocycles. The molecule has 3 N–H and O–H groups in total. The molecule has 3 nitrogen and oxygen atoms in total. The van der Waals surface area contributed by atoms with Gasteiger partial charge in [-0.15, -0.1) is 0 Å². The van der Waals surface area contributed by atoms with Gasteiger partial charge in [0.05, 0.1) is 12.2 Å². The van der Waals surface area contributed by atoms with E-state index < -0.39 is 6.10 Å². The van der Waals surface area contributed by atoms with E-state index in [2.05, 4.69) is 5.32 Å². The summed E-state index contributed by atoms with van der Waals surface area (Å²) in [7, 11) is 0. The fourth-order valence-electron chi connectivity index (χ4n) is 1.01. The molecule has 0 radical (unpaired) electrons. The van der Waals surface area contributed by atoms with Gasteiger partial charge in [-0.1, -0.05) is 0 Å². The monoisotopic (exact) mass is 201 g/mol. The van der Waals surface area contributed by atoms with Gasteiger partial charge in [-0.25, -0.2) is 0 Å². The molecular weight excluding hydrogens is 186 g/mol. The van der Waals surface area contributed by atoms with Crippen molar-refractivity contribution in [1.82, 2.24) is 5.32 Å². The molecule has 0 fully saturated rings. The molecule has 4 heteroatoms. The summed E-state index contributed by atoms with van der Waals surface area (Å²) in [6, 6.07) is 1.90. The quantitative estimate of drug-likeness (QED) is 0.659. The Balaban J connectivity index is 2.22. The fraction of sp³-hybridized carbons (Fsp3) is 0.556. The predicted molar refractivity (Wildman–Crippen MR) is 53.8 cm³/mol. The van der Waals surface area contributed by atoms with Crippen LogP contribution in [0.25, 0.3) is 0 Å². The molecule has 13 heavy (non-hydrogen) atoms. The molecule has 0 saturated carbocycles. The lowest BCUT2D eigenvalue weighted by Crippen LogP contribution is -2.28. The Kier molecular flexibility index (Phi) is 4.38. The minimum Gasteiger partial charge on any atom is -0.392 e. The first kappa shape index (κ1) is 10.7. The van der Waals surface area contributed by atoms with E-state index in [4.69, 9.17) is 5.11 Å². The molecule has 1 aromatic rings. The molecule has 0 aliphatic carbocycles. The molecular formula is C9H15NO2S. The van der Waals surface area contributed by atoms with E-state index in [0.29, 0.717) is 13.1 Å². The SMILES string of the molecule is C[C@H](O)CNCC(O)c1ccsc1. The number of hydrogen-bond donors (Lipinski definition) is 3. The smallest absolute Gasteiger partial charge is 0.0922 e. The van der Waals surface area contributed by atoms with Crippen LogP contribution in [0.4, 0.5) is 0 Å². The van der Waals surface area contributed by atoms with Gasteiger partial charge in [0.15, 0.2) is 0 Å². The van der Waals surface area contributed by atoms with Crippen molar-refractivity contribution in [3.63, 3.8) is 0 Å². The third kappa shape index (κ3) is 3.87. The van der Waals surface area contributed by atoms with Gasteiger partial charge in [0, 0.05) is 13.1 Å². The maximum atomic E-state index is 9.58. The van der Waals surface area contributed by atoms with Crippen LogP contribution < -0.4 is 5.32 Å². The van der Waals surface area contributed by atoms with E-state index in [-0.39, 0.29) is 6.10 Å². The van der Waals surface area contributed by atoms with Crippen LogP contribution >= 0.6 is 11.3 Å². The highest BCUT2D eigenvalue weighted by molar-refractivity contribution is 7.07. The molecule has 0 saturated heterocycles. The van der Waals surface area contributed by atoms with Gasteiger partial charge in [0.1, 0.15) is 0 Å². The predicted octanol–water partition coefficient (Wildman–Crippen LogP) is 0.752.